The van der Waals surface area contributed by atoms with Crippen molar-refractivity contribution in [2.75, 3.05) is 13.2 Å². The van der Waals surface area contributed by atoms with Crippen LogP contribution in [-0.4, -0.2) is 40.8 Å². The molecular weight excluding hydrogens is 236 g/mol. The van der Waals surface area contributed by atoms with E-state index in [0.29, 0.717) is 12.8 Å². The monoisotopic (exact) mass is 262 g/mol. The number of carbonyl (C=O) groups is 3. The molecule has 0 spiro atoms. The number of rotatable bonds is 5. The van der Waals surface area contributed by atoms with Crippen LogP contribution in [0, 0.1) is 5.92 Å². The molecule has 0 fully saturated rings. The van der Waals surface area contributed by atoms with E-state index in [1.807, 2.05) is 0 Å². The first-order valence-corrected chi connectivity index (χ1v) is 5.85. The third-order valence-corrected chi connectivity index (χ3v) is 1.53. The Morgan fingerprint density at radius 2 is 1.00 bits per heavy atom. The number of hydrogen-bond acceptors (Lipinski definition) is 5. The highest BCUT2D eigenvalue weighted by atomic mass is 16.3. The van der Waals surface area contributed by atoms with Crippen molar-refractivity contribution in [3.63, 3.8) is 0 Å². The van der Waals surface area contributed by atoms with Gasteiger partial charge in [0, 0.05) is 19.1 Å². The first-order valence-electron chi connectivity index (χ1n) is 5.85. The van der Waals surface area contributed by atoms with Crippen LogP contribution in [0.2, 0.25) is 0 Å². The van der Waals surface area contributed by atoms with Gasteiger partial charge in [-0.3, -0.25) is 4.79 Å². The molecule has 0 bridgehead atoms. The van der Waals surface area contributed by atoms with Crippen LogP contribution in [-0.2, 0) is 14.4 Å². The average molecular weight is 262 g/mol. The Morgan fingerprint density at radius 3 is 1.11 bits per heavy atom. The smallest absolute Gasteiger partial charge is 0.133 e. The molecule has 5 heteroatoms. The summed E-state index contributed by atoms with van der Waals surface area (Å²) in [6.07, 6.45) is 0.936. The van der Waals surface area contributed by atoms with E-state index < -0.39 is 0 Å². The minimum absolute atomic E-state index is 0.0181. The molecule has 0 rings (SSSR count). The van der Waals surface area contributed by atoms with Crippen molar-refractivity contribution in [2.45, 2.75) is 47.5 Å². The van der Waals surface area contributed by atoms with E-state index in [1.54, 1.807) is 0 Å². The Kier molecular flexibility index (Phi) is 19.6. The Morgan fingerprint density at radius 1 is 0.778 bits per heavy atom. The van der Waals surface area contributed by atoms with E-state index in [1.165, 1.54) is 34.6 Å². The Bertz CT molecular complexity index is 210. The predicted molar refractivity (Wildman–Crippen MR) is 70.3 cm³/mol. The second kappa shape index (κ2) is 15.9. The highest BCUT2D eigenvalue weighted by Gasteiger charge is 2.11. The minimum Gasteiger partial charge on any atom is -0.396 e. The van der Waals surface area contributed by atoms with Gasteiger partial charge in [0.05, 0.1) is 0 Å². The van der Waals surface area contributed by atoms with Gasteiger partial charge in [-0.1, -0.05) is 0 Å². The fraction of sp³-hybridized carbons (Fsp3) is 0.769. The van der Waals surface area contributed by atoms with Crippen molar-refractivity contribution in [3.8, 4) is 0 Å². The molecule has 0 amide bonds. The molecule has 2 N–H and O–H groups in total. The van der Waals surface area contributed by atoms with E-state index in [9.17, 15) is 14.4 Å². The molecule has 0 aliphatic heterocycles. The lowest BCUT2D eigenvalue weighted by Crippen LogP contribution is -2.14. The number of aliphatic hydroxyl groups is 2. The van der Waals surface area contributed by atoms with E-state index in [-0.39, 0.29) is 36.5 Å². The topological polar surface area (TPSA) is 91.7 Å². The summed E-state index contributed by atoms with van der Waals surface area (Å²) in [4.78, 5) is 29.6. The van der Waals surface area contributed by atoms with Gasteiger partial charge in [0.2, 0.25) is 0 Å². The molecule has 0 aliphatic carbocycles. The lowest BCUT2D eigenvalue weighted by atomic mass is 9.98. The quantitative estimate of drug-likeness (QED) is 0.775. The number of ketones is 3. The maximum Gasteiger partial charge on any atom is 0.133 e. The number of aliphatic hydroxyl groups excluding tert-OH is 2. The fourth-order valence-electron chi connectivity index (χ4n) is 0.863. The van der Waals surface area contributed by atoms with Gasteiger partial charge in [-0.2, -0.15) is 0 Å². The van der Waals surface area contributed by atoms with E-state index in [2.05, 4.69) is 0 Å². The van der Waals surface area contributed by atoms with Crippen LogP contribution < -0.4 is 0 Å². The van der Waals surface area contributed by atoms with Crippen molar-refractivity contribution >= 4 is 17.3 Å². The maximum absolute atomic E-state index is 10.7. The molecule has 18 heavy (non-hydrogen) atoms. The normalized spacial score (nSPS) is 8.67. The summed E-state index contributed by atoms with van der Waals surface area (Å²) in [6, 6.07) is 0. The molecule has 108 valence electrons. The second-order valence-corrected chi connectivity index (χ2v) is 4.15. The van der Waals surface area contributed by atoms with Crippen molar-refractivity contribution in [1.82, 2.24) is 0 Å². The summed E-state index contributed by atoms with van der Waals surface area (Å²) < 4.78 is 0. The molecule has 0 aromatic heterocycles. The van der Waals surface area contributed by atoms with Gasteiger partial charge in [0.15, 0.2) is 0 Å². The Labute approximate surface area is 109 Å². The molecule has 0 atom stereocenters. The Hall–Kier alpha value is -1.07. The average Bonchev–Trinajstić information content (AvgIpc) is 2.15. The predicted octanol–water partition coefficient (Wildman–Crippen LogP) is 1.15. The first kappa shape index (κ1) is 22.1. The zero-order valence-corrected chi connectivity index (χ0v) is 12.0. The largest absolute Gasteiger partial charge is 0.396 e. The van der Waals surface area contributed by atoms with Gasteiger partial charge in [0.1, 0.15) is 17.3 Å². The van der Waals surface area contributed by atoms with Crippen LogP contribution in [0.1, 0.15) is 47.5 Å². The van der Waals surface area contributed by atoms with Gasteiger partial charge in [-0.25, -0.2) is 0 Å². The molecule has 0 aromatic carbocycles. The second-order valence-electron chi connectivity index (χ2n) is 4.15. The standard InChI is InChI=1S/C7H14O3.2C3H6O/c1-6(10)7(2-4-8)3-5-9;2*1-3(2)4/h7-9H,2-5H2,1H3;2*1-2H3. The van der Waals surface area contributed by atoms with Crippen LogP contribution in [0.25, 0.3) is 0 Å². The highest BCUT2D eigenvalue weighted by molar-refractivity contribution is 5.78. The summed E-state index contributed by atoms with van der Waals surface area (Å²) in [5.41, 5.74) is 0. The van der Waals surface area contributed by atoms with Crippen LogP contribution in [0.5, 0.6) is 0 Å². The van der Waals surface area contributed by atoms with E-state index in [4.69, 9.17) is 10.2 Å². The van der Waals surface area contributed by atoms with Crippen molar-refractivity contribution in [3.05, 3.63) is 0 Å². The summed E-state index contributed by atoms with van der Waals surface area (Å²) in [7, 11) is 0. The minimum atomic E-state index is -0.157. The van der Waals surface area contributed by atoms with Crippen LogP contribution in [0.15, 0.2) is 0 Å². The fourth-order valence-corrected chi connectivity index (χ4v) is 0.863. The van der Waals surface area contributed by atoms with Crippen LogP contribution >= 0.6 is 0 Å². The molecular formula is C13H26O5. The third-order valence-electron chi connectivity index (χ3n) is 1.53. The molecule has 0 aromatic rings. The number of Topliss-reactive ketones (excluding diaryl/α,β-unsaturated/α-hetero) is 3. The van der Waals surface area contributed by atoms with Crippen molar-refractivity contribution in [1.29, 1.82) is 0 Å². The molecule has 5 nitrogen and oxygen atoms in total. The number of hydrogen-bond donors (Lipinski definition) is 2. The zero-order valence-electron chi connectivity index (χ0n) is 12.0. The molecule has 0 aliphatic rings. The molecule has 0 saturated carbocycles. The highest BCUT2D eigenvalue weighted by Crippen LogP contribution is 2.07. The molecule has 0 unspecified atom stereocenters. The SMILES string of the molecule is CC(=O)C(CCO)CCO.CC(C)=O.CC(C)=O. The van der Waals surface area contributed by atoms with Gasteiger partial charge < -0.3 is 19.8 Å². The zero-order chi connectivity index (χ0) is 15.1. The van der Waals surface area contributed by atoms with E-state index >= 15 is 0 Å². The number of carbonyl (C=O) groups excluding carboxylic acids is 3. The molecule has 0 saturated heterocycles. The van der Waals surface area contributed by atoms with E-state index in [0.717, 1.165) is 0 Å². The first-order chi connectivity index (χ1) is 8.18. The molecule has 0 radical (unpaired) electrons. The summed E-state index contributed by atoms with van der Waals surface area (Å²) in [6.45, 7) is 7.63. The lowest BCUT2D eigenvalue weighted by molar-refractivity contribution is -0.121. The van der Waals surface area contributed by atoms with Gasteiger partial charge in [0.25, 0.3) is 0 Å². The Balaban J connectivity index is -0.000000233. The van der Waals surface area contributed by atoms with Gasteiger partial charge >= 0.3 is 0 Å². The summed E-state index contributed by atoms with van der Waals surface area (Å²) in [5, 5.41) is 17.0. The van der Waals surface area contributed by atoms with Crippen LogP contribution in [0.3, 0.4) is 0 Å². The summed E-state index contributed by atoms with van der Waals surface area (Å²) >= 11 is 0. The lowest BCUT2D eigenvalue weighted by Gasteiger charge is -2.08. The van der Waals surface area contributed by atoms with Crippen molar-refractivity contribution < 1.29 is 24.6 Å². The van der Waals surface area contributed by atoms with Crippen molar-refractivity contribution in [2.24, 2.45) is 5.92 Å². The molecule has 0 heterocycles. The third kappa shape index (κ3) is 36.3. The van der Waals surface area contributed by atoms with Crippen LogP contribution in [0.4, 0.5) is 0 Å². The maximum atomic E-state index is 10.7. The van der Waals surface area contributed by atoms with Gasteiger partial charge in [-0.15, -0.1) is 0 Å². The van der Waals surface area contributed by atoms with Gasteiger partial charge in [-0.05, 0) is 47.5 Å². The summed E-state index contributed by atoms with van der Waals surface area (Å²) in [5.74, 6) is 0.220.